The van der Waals surface area contributed by atoms with Crippen LogP contribution in [-0.4, -0.2) is 67.8 Å². The van der Waals surface area contributed by atoms with Crippen LogP contribution < -0.4 is 5.32 Å². The summed E-state index contributed by atoms with van der Waals surface area (Å²) in [5, 5.41) is 3.16. The van der Waals surface area contributed by atoms with Gasteiger partial charge in [0.2, 0.25) is 0 Å². The van der Waals surface area contributed by atoms with Gasteiger partial charge in [0.1, 0.15) is 0 Å². The number of hydrogen-bond donors (Lipinski definition) is 1. The van der Waals surface area contributed by atoms with Crippen molar-refractivity contribution in [2.75, 3.05) is 39.9 Å². The molecule has 0 aliphatic carbocycles. The molecule has 2 rings (SSSR count). The van der Waals surface area contributed by atoms with Crippen molar-refractivity contribution in [2.45, 2.75) is 64.0 Å². The summed E-state index contributed by atoms with van der Waals surface area (Å²) < 4.78 is 5.37. The van der Waals surface area contributed by atoms with E-state index in [1.807, 2.05) is 11.9 Å². The smallest absolute Gasteiger partial charge is 0.317 e. The second-order valence-corrected chi connectivity index (χ2v) is 6.68. The van der Waals surface area contributed by atoms with E-state index in [1.165, 1.54) is 45.2 Å². The number of urea groups is 1. The molecule has 0 saturated carbocycles. The summed E-state index contributed by atoms with van der Waals surface area (Å²) in [5.41, 5.74) is 0. The number of piperidine rings is 1. The lowest BCUT2D eigenvalue weighted by Gasteiger charge is -2.37. The Morgan fingerprint density at radius 1 is 1.27 bits per heavy atom. The van der Waals surface area contributed by atoms with E-state index in [4.69, 9.17) is 4.74 Å². The molecule has 2 saturated heterocycles. The Balaban J connectivity index is 1.75. The lowest BCUT2D eigenvalue weighted by atomic mass is 10.0. The fourth-order valence-electron chi connectivity index (χ4n) is 3.51. The maximum absolute atomic E-state index is 12.4. The van der Waals surface area contributed by atoms with Crippen molar-refractivity contribution in [3.63, 3.8) is 0 Å². The first-order chi connectivity index (χ1) is 10.7. The van der Waals surface area contributed by atoms with E-state index in [-0.39, 0.29) is 6.03 Å². The third-order valence-corrected chi connectivity index (χ3v) is 5.10. The molecular weight excluding hydrogens is 278 g/mol. The van der Waals surface area contributed by atoms with Gasteiger partial charge < -0.3 is 15.0 Å². The third kappa shape index (κ3) is 5.13. The Bertz CT molecular complexity index is 332. The monoisotopic (exact) mass is 311 g/mol. The van der Waals surface area contributed by atoms with Crippen LogP contribution in [0.1, 0.15) is 51.9 Å². The van der Waals surface area contributed by atoms with Gasteiger partial charge in [-0.05, 0) is 45.2 Å². The van der Waals surface area contributed by atoms with Gasteiger partial charge in [-0.15, -0.1) is 0 Å². The molecule has 2 aliphatic rings. The first-order valence-corrected chi connectivity index (χ1v) is 9.04. The molecule has 0 radical (unpaired) electrons. The lowest BCUT2D eigenvalue weighted by Crippen LogP contribution is -2.51. The van der Waals surface area contributed by atoms with Gasteiger partial charge in [-0.3, -0.25) is 4.90 Å². The minimum atomic E-state index is 0.0768. The van der Waals surface area contributed by atoms with Crippen molar-refractivity contribution in [3.8, 4) is 0 Å². The normalized spacial score (nSPS) is 24.2. The zero-order valence-corrected chi connectivity index (χ0v) is 14.4. The molecule has 0 aromatic carbocycles. The predicted octanol–water partition coefficient (Wildman–Crippen LogP) is 2.46. The first-order valence-electron chi connectivity index (χ1n) is 9.04. The van der Waals surface area contributed by atoms with Gasteiger partial charge in [-0.1, -0.05) is 19.8 Å². The average molecular weight is 311 g/mol. The topological polar surface area (TPSA) is 44.8 Å². The number of hydrogen-bond acceptors (Lipinski definition) is 3. The minimum absolute atomic E-state index is 0.0768. The molecule has 2 heterocycles. The molecule has 1 atom stereocenters. The largest absolute Gasteiger partial charge is 0.381 e. The molecule has 0 aromatic rings. The summed E-state index contributed by atoms with van der Waals surface area (Å²) in [5.74, 6) is 0. The van der Waals surface area contributed by atoms with Gasteiger partial charge in [0.25, 0.3) is 0 Å². The molecule has 0 aromatic heterocycles. The van der Waals surface area contributed by atoms with Crippen LogP contribution in [0.15, 0.2) is 0 Å². The van der Waals surface area contributed by atoms with Crippen LogP contribution in [0.2, 0.25) is 0 Å². The number of rotatable bonds is 6. The second-order valence-electron chi connectivity index (χ2n) is 6.68. The van der Waals surface area contributed by atoms with E-state index < -0.39 is 0 Å². The van der Waals surface area contributed by atoms with Crippen LogP contribution >= 0.6 is 0 Å². The molecule has 22 heavy (non-hydrogen) atoms. The van der Waals surface area contributed by atoms with Crippen molar-refractivity contribution >= 4 is 6.03 Å². The van der Waals surface area contributed by atoms with E-state index in [2.05, 4.69) is 17.1 Å². The molecule has 1 N–H and O–H groups in total. The molecule has 2 aliphatic heterocycles. The Kier molecular flexibility index (Phi) is 7.46. The second kappa shape index (κ2) is 9.36. The minimum Gasteiger partial charge on any atom is -0.381 e. The van der Waals surface area contributed by atoms with E-state index >= 15 is 0 Å². The van der Waals surface area contributed by atoms with Gasteiger partial charge in [0, 0.05) is 38.9 Å². The highest BCUT2D eigenvalue weighted by Crippen LogP contribution is 2.17. The summed E-state index contributed by atoms with van der Waals surface area (Å²) >= 11 is 0. The van der Waals surface area contributed by atoms with Crippen molar-refractivity contribution in [1.82, 2.24) is 15.1 Å². The Morgan fingerprint density at radius 2 is 2.05 bits per heavy atom. The lowest BCUT2D eigenvalue weighted by molar-refractivity contribution is 0.0520. The molecule has 2 fully saturated rings. The van der Waals surface area contributed by atoms with Crippen molar-refractivity contribution < 1.29 is 9.53 Å². The Hall–Kier alpha value is -0.810. The molecular formula is C17H33N3O2. The van der Waals surface area contributed by atoms with Crippen LogP contribution in [-0.2, 0) is 4.74 Å². The number of carbonyl (C=O) groups is 1. The fourth-order valence-corrected chi connectivity index (χ4v) is 3.51. The number of unbranched alkanes of at least 4 members (excludes halogenated alkanes) is 1. The summed E-state index contributed by atoms with van der Waals surface area (Å²) in [6, 6.07) is 0.927. The Morgan fingerprint density at radius 3 is 2.77 bits per heavy atom. The number of nitrogens with one attached hydrogen (secondary N) is 1. The summed E-state index contributed by atoms with van der Waals surface area (Å²) in [6.07, 6.45) is 8.21. The van der Waals surface area contributed by atoms with Gasteiger partial charge in [0.15, 0.2) is 0 Å². The highest BCUT2D eigenvalue weighted by molar-refractivity contribution is 5.74. The molecule has 1 unspecified atom stereocenters. The van der Waals surface area contributed by atoms with Crippen LogP contribution in [0.3, 0.4) is 0 Å². The number of carbonyl (C=O) groups excluding carboxylic acids is 1. The van der Waals surface area contributed by atoms with E-state index in [9.17, 15) is 4.79 Å². The zero-order chi connectivity index (χ0) is 15.8. The highest BCUT2D eigenvalue weighted by Gasteiger charge is 2.25. The van der Waals surface area contributed by atoms with E-state index in [0.717, 1.165) is 32.6 Å². The standard InChI is InChI=1S/C17H33N3O2/c1-3-4-10-20-11-6-5-7-16(20)14-18-17(21)19(2)15-8-12-22-13-9-15/h15-16H,3-14H2,1-2H3,(H,18,21). The quantitative estimate of drug-likeness (QED) is 0.819. The third-order valence-electron chi connectivity index (χ3n) is 5.10. The SMILES string of the molecule is CCCCN1CCCCC1CNC(=O)N(C)C1CCOCC1. The summed E-state index contributed by atoms with van der Waals surface area (Å²) in [4.78, 5) is 16.8. The van der Waals surface area contributed by atoms with Crippen molar-refractivity contribution in [2.24, 2.45) is 0 Å². The summed E-state index contributed by atoms with van der Waals surface area (Å²) in [6.45, 7) is 6.94. The maximum Gasteiger partial charge on any atom is 0.317 e. The molecule has 5 nitrogen and oxygen atoms in total. The van der Waals surface area contributed by atoms with Crippen LogP contribution in [0.25, 0.3) is 0 Å². The van der Waals surface area contributed by atoms with Gasteiger partial charge in [-0.2, -0.15) is 0 Å². The first kappa shape index (κ1) is 17.5. The molecule has 2 amide bonds. The van der Waals surface area contributed by atoms with Crippen LogP contribution in [0.5, 0.6) is 0 Å². The van der Waals surface area contributed by atoms with Gasteiger partial charge in [0.05, 0.1) is 0 Å². The molecule has 0 spiro atoms. The van der Waals surface area contributed by atoms with Crippen molar-refractivity contribution in [1.29, 1.82) is 0 Å². The summed E-state index contributed by atoms with van der Waals surface area (Å²) in [7, 11) is 1.92. The molecule has 128 valence electrons. The number of likely N-dealkylation sites (tertiary alicyclic amines) is 1. The highest BCUT2D eigenvalue weighted by atomic mass is 16.5. The van der Waals surface area contributed by atoms with Gasteiger partial charge >= 0.3 is 6.03 Å². The van der Waals surface area contributed by atoms with Crippen LogP contribution in [0, 0.1) is 0 Å². The number of ether oxygens (including phenoxy) is 1. The van der Waals surface area contributed by atoms with Gasteiger partial charge in [-0.25, -0.2) is 4.79 Å². The zero-order valence-electron chi connectivity index (χ0n) is 14.4. The number of amides is 2. The van der Waals surface area contributed by atoms with Crippen LogP contribution in [0.4, 0.5) is 4.79 Å². The maximum atomic E-state index is 12.4. The number of nitrogens with zero attached hydrogens (tertiary/aromatic N) is 2. The van der Waals surface area contributed by atoms with Crippen molar-refractivity contribution in [3.05, 3.63) is 0 Å². The fraction of sp³-hybridized carbons (Fsp3) is 0.941. The molecule has 0 bridgehead atoms. The van der Waals surface area contributed by atoms with E-state index in [0.29, 0.717) is 12.1 Å². The Labute approximate surface area is 135 Å². The average Bonchev–Trinajstić information content (AvgIpc) is 2.58. The predicted molar refractivity (Wildman–Crippen MR) is 89.1 cm³/mol. The molecule has 5 heteroatoms. The van der Waals surface area contributed by atoms with E-state index in [1.54, 1.807) is 0 Å².